The van der Waals surface area contributed by atoms with Crippen LogP contribution in [0.4, 0.5) is 21.9 Å². The van der Waals surface area contributed by atoms with E-state index in [1.165, 1.54) is 4.90 Å². The second-order valence-corrected chi connectivity index (χ2v) is 7.72. The van der Waals surface area contributed by atoms with Crippen LogP contribution >= 0.6 is 0 Å². The fraction of sp³-hybridized carbons (Fsp3) is 0.200. The number of hydrogen-bond donors (Lipinski definition) is 1. The third-order valence-corrected chi connectivity index (χ3v) is 5.71. The van der Waals surface area contributed by atoms with Gasteiger partial charge in [-0.1, -0.05) is 53.6 Å². The average molecular weight is 397 g/mol. The minimum absolute atomic E-state index is 0.314. The standard InChI is InChI=1S/C25H23N3O2/c1-17-8-12-22(13-9-17)27-19(3)25(30,20-6-5-7-21(16-20)26-4)28(24(27)29)23-14-10-18(2)11-15-23/h5-16,19,30H,1-3H3/t19-,25?/m1/s1. The van der Waals surface area contributed by atoms with Crippen LogP contribution in [0.2, 0.25) is 0 Å². The van der Waals surface area contributed by atoms with E-state index in [4.69, 9.17) is 6.57 Å². The van der Waals surface area contributed by atoms with Crippen LogP contribution < -0.4 is 9.80 Å². The number of carbonyl (C=O) groups excluding carboxylic acids is 1. The number of urea groups is 1. The molecule has 0 bridgehead atoms. The van der Waals surface area contributed by atoms with E-state index in [1.807, 2.05) is 69.3 Å². The van der Waals surface area contributed by atoms with Gasteiger partial charge in [0.15, 0.2) is 11.4 Å². The van der Waals surface area contributed by atoms with E-state index in [2.05, 4.69) is 4.85 Å². The normalized spacial score (nSPS) is 21.0. The summed E-state index contributed by atoms with van der Waals surface area (Å²) >= 11 is 0. The topological polar surface area (TPSA) is 48.1 Å². The quantitative estimate of drug-likeness (QED) is 0.590. The largest absolute Gasteiger partial charge is 0.365 e. The van der Waals surface area contributed by atoms with E-state index in [0.717, 1.165) is 11.1 Å². The summed E-state index contributed by atoms with van der Waals surface area (Å²) < 4.78 is 0. The molecule has 3 aromatic rings. The summed E-state index contributed by atoms with van der Waals surface area (Å²) in [6, 6.07) is 21.1. The van der Waals surface area contributed by atoms with E-state index >= 15 is 0 Å². The highest BCUT2D eigenvalue weighted by Gasteiger charge is 2.56. The highest BCUT2D eigenvalue weighted by Crippen LogP contribution is 2.45. The Morgan fingerprint density at radius 3 is 2.07 bits per heavy atom. The molecule has 0 radical (unpaired) electrons. The molecule has 1 fully saturated rings. The number of aliphatic hydroxyl groups is 1. The molecule has 0 spiro atoms. The van der Waals surface area contributed by atoms with E-state index in [-0.39, 0.29) is 6.03 Å². The molecule has 5 heteroatoms. The minimum Gasteiger partial charge on any atom is -0.365 e. The van der Waals surface area contributed by atoms with E-state index in [0.29, 0.717) is 22.6 Å². The molecule has 30 heavy (non-hydrogen) atoms. The molecule has 1 saturated heterocycles. The highest BCUT2D eigenvalue weighted by atomic mass is 16.3. The highest BCUT2D eigenvalue weighted by molar-refractivity contribution is 6.08. The number of aryl methyl sites for hydroxylation is 2. The van der Waals surface area contributed by atoms with Crippen molar-refractivity contribution in [2.75, 3.05) is 9.80 Å². The molecule has 0 aromatic heterocycles. The molecule has 4 rings (SSSR count). The Morgan fingerprint density at radius 2 is 1.50 bits per heavy atom. The summed E-state index contributed by atoms with van der Waals surface area (Å²) in [6.07, 6.45) is 0. The van der Waals surface area contributed by atoms with Gasteiger partial charge in [0.25, 0.3) is 0 Å². The first-order chi connectivity index (χ1) is 14.4. The summed E-state index contributed by atoms with van der Waals surface area (Å²) in [6.45, 7) is 13.1. The number of amides is 2. The lowest BCUT2D eigenvalue weighted by Crippen LogP contribution is -2.48. The van der Waals surface area contributed by atoms with E-state index in [9.17, 15) is 9.90 Å². The number of hydrogen-bond acceptors (Lipinski definition) is 2. The minimum atomic E-state index is -1.64. The van der Waals surface area contributed by atoms with Crippen molar-refractivity contribution < 1.29 is 9.90 Å². The van der Waals surface area contributed by atoms with Crippen LogP contribution in [0.25, 0.3) is 4.85 Å². The third kappa shape index (κ3) is 3.02. The van der Waals surface area contributed by atoms with Gasteiger partial charge in [0.05, 0.1) is 12.6 Å². The Balaban J connectivity index is 1.91. The number of carbonyl (C=O) groups is 1. The van der Waals surface area contributed by atoms with Gasteiger partial charge < -0.3 is 5.11 Å². The zero-order valence-corrected chi connectivity index (χ0v) is 17.2. The van der Waals surface area contributed by atoms with Gasteiger partial charge in [0, 0.05) is 11.4 Å². The van der Waals surface area contributed by atoms with Crippen LogP contribution in [0.3, 0.4) is 0 Å². The van der Waals surface area contributed by atoms with E-state index in [1.54, 1.807) is 29.2 Å². The summed E-state index contributed by atoms with van der Waals surface area (Å²) in [7, 11) is 0. The van der Waals surface area contributed by atoms with Crippen LogP contribution in [0.15, 0.2) is 72.8 Å². The summed E-state index contributed by atoms with van der Waals surface area (Å²) in [5.74, 6) is 0. The Labute approximate surface area is 176 Å². The molecular weight excluding hydrogens is 374 g/mol. The van der Waals surface area contributed by atoms with Gasteiger partial charge in [0.2, 0.25) is 0 Å². The lowest BCUT2D eigenvalue weighted by Gasteiger charge is -2.36. The van der Waals surface area contributed by atoms with E-state index < -0.39 is 11.8 Å². The summed E-state index contributed by atoms with van der Waals surface area (Å²) in [5, 5.41) is 12.1. The summed E-state index contributed by atoms with van der Waals surface area (Å²) in [4.78, 5) is 20.2. The molecule has 5 nitrogen and oxygen atoms in total. The van der Waals surface area contributed by atoms with Crippen molar-refractivity contribution >= 4 is 23.1 Å². The SMILES string of the molecule is [C-]#[N+]c1cccc(C2(O)[C@@H](C)N(c3ccc(C)cc3)C(=O)N2c2ccc(C)cc2)c1. The van der Waals surface area contributed by atoms with Gasteiger partial charge in [0.1, 0.15) is 0 Å². The number of nitrogens with zero attached hydrogens (tertiary/aromatic N) is 3. The Hall–Kier alpha value is -3.62. The predicted molar refractivity (Wildman–Crippen MR) is 119 cm³/mol. The Bertz CT molecular complexity index is 1130. The average Bonchev–Trinajstić information content (AvgIpc) is 2.96. The Kier molecular flexibility index (Phi) is 4.81. The number of anilines is 2. The molecule has 150 valence electrons. The summed E-state index contributed by atoms with van der Waals surface area (Å²) in [5.41, 5.74) is 2.75. The molecule has 0 saturated carbocycles. The molecule has 2 amide bonds. The lowest BCUT2D eigenvalue weighted by molar-refractivity contribution is 0.0373. The molecule has 3 aromatic carbocycles. The molecule has 1 unspecified atom stereocenters. The van der Waals surface area contributed by atoms with Crippen molar-refractivity contribution in [3.63, 3.8) is 0 Å². The fourth-order valence-corrected chi connectivity index (χ4v) is 4.00. The first kappa shape index (κ1) is 19.7. The maximum absolute atomic E-state index is 13.7. The van der Waals surface area contributed by atoms with Crippen LogP contribution in [0, 0.1) is 20.4 Å². The van der Waals surface area contributed by atoms with Crippen molar-refractivity contribution in [2.24, 2.45) is 0 Å². The van der Waals surface area contributed by atoms with Gasteiger partial charge in [-0.25, -0.2) is 9.64 Å². The third-order valence-electron chi connectivity index (χ3n) is 5.71. The molecule has 1 aliphatic rings. The molecule has 1 N–H and O–H groups in total. The monoisotopic (exact) mass is 397 g/mol. The molecule has 1 heterocycles. The molecule has 0 aliphatic carbocycles. The van der Waals surface area contributed by atoms with Crippen molar-refractivity contribution in [1.29, 1.82) is 0 Å². The second kappa shape index (κ2) is 7.33. The molecular formula is C25H23N3O2. The maximum atomic E-state index is 13.7. The van der Waals surface area contributed by atoms with Gasteiger partial charge in [-0.15, -0.1) is 0 Å². The van der Waals surface area contributed by atoms with Crippen molar-refractivity contribution in [3.8, 4) is 0 Å². The zero-order chi connectivity index (χ0) is 21.5. The lowest BCUT2D eigenvalue weighted by atomic mass is 9.94. The van der Waals surface area contributed by atoms with Gasteiger partial charge in [-0.2, -0.15) is 0 Å². The molecule has 2 atom stereocenters. The maximum Gasteiger partial charge on any atom is 0.332 e. The van der Waals surface area contributed by atoms with Crippen LogP contribution in [0.5, 0.6) is 0 Å². The second-order valence-electron chi connectivity index (χ2n) is 7.72. The predicted octanol–water partition coefficient (Wildman–Crippen LogP) is 5.53. The van der Waals surface area contributed by atoms with Crippen molar-refractivity contribution in [1.82, 2.24) is 0 Å². The van der Waals surface area contributed by atoms with Crippen molar-refractivity contribution in [3.05, 3.63) is 101 Å². The van der Waals surface area contributed by atoms with Gasteiger partial charge in [-0.05, 0) is 56.7 Å². The van der Waals surface area contributed by atoms with Crippen molar-refractivity contribution in [2.45, 2.75) is 32.5 Å². The zero-order valence-electron chi connectivity index (χ0n) is 17.2. The first-order valence-corrected chi connectivity index (χ1v) is 9.83. The van der Waals surface area contributed by atoms with Crippen LogP contribution in [-0.2, 0) is 5.72 Å². The van der Waals surface area contributed by atoms with Gasteiger partial charge >= 0.3 is 6.03 Å². The Morgan fingerprint density at radius 1 is 0.933 bits per heavy atom. The fourth-order valence-electron chi connectivity index (χ4n) is 4.00. The van der Waals surface area contributed by atoms with Crippen LogP contribution in [-0.4, -0.2) is 17.2 Å². The smallest absolute Gasteiger partial charge is 0.332 e. The van der Waals surface area contributed by atoms with Gasteiger partial charge in [-0.3, -0.25) is 9.80 Å². The number of rotatable bonds is 3. The van der Waals surface area contributed by atoms with Crippen LogP contribution in [0.1, 0.15) is 23.6 Å². The molecule has 1 aliphatic heterocycles. The number of benzene rings is 3. The first-order valence-electron chi connectivity index (χ1n) is 9.83.